The molecule has 3 saturated carbocycles. The van der Waals surface area contributed by atoms with E-state index in [1.165, 1.54) is 17.5 Å². The Labute approximate surface area is 173 Å². The molecule has 1 heterocycles. The van der Waals surface area contributed by atoms with Crippen LogP contribution >= 0.6 is 0 Å². The minimum absolute atomic E-state index is 0.126. The van der Waals surface area contributed by atoms with E-state index in [9.17, 15) is 4.79 Å². The van der Waals surface area contributed by atoms with Crippen molar-refractivity contribution in [1.29, 1.82) is 0 Å². The van der Waals surface area contributed by atoms with Crippen molar-refractivity contribution in [2.75, 3.05) is 6.54 Å². The van der Waals surface area contributed by atoms with Crippen molar-refractivity contribution >= 4 is 6.09 Å². The Kier molecular flexibility index (Phi) is 4.43. The fraction of sp³-hybridized carbons (Fsp3) is 0.480. The molecule has 0 radical (unpaired) electrons. The van der Waals surface area contributed by atoms with Crippen LogP contribution in [0.2, 0.25) is 0 Å². The van der Waals surface area contributed by atoms with E-state index in [0.29, 0.717) is 11.8 Å². The lowest BCUT2D eigenvalue weighted by Crippen LogP contribution is -2.70. The summed E-state index contributed by atoms with van der Waals surface area (Å²) in [5.41, 5.74) is 2.37. The number of carbonyl (C=O) groups is 1. The van der Waals surface area contributed by atoms with Crippen molar-refractivity contribution in [3.05, 3.63) is 71.8 Å². The van der Waals surface area contributed by atoms with E-state index in [1.807, 2.05) is 0 Å². The van der Waals surface area contributed by atoms with Gasteiger partial charge in [0.05, 0.1) is 6.04 Å². The first kappa shape index (κ1) is 18.7. The molecular formula is C25H30N2O2. The van der Waals surface area contributed by atoms with Gasteiger partial charge in [-0.1, -0.05) is 74.5 Å². The standard InChI is InChI=1S/C25H30N2O2/c1-24(2)20-13-21(24)25(22(14-20)26-23(28)29-25)17-27(15-18-9-5-3-6-10-18)16-19-11-7-4-8-12-19/h3-12,20-22H,13-17H2,1-2H3,(H,26,28)/t20-,21-,22+,25-/m1/s1. The van der Waals surface area contributed by atoms with E-state index in [-0.39, 0.29) is 17.6 Å². The Bertz CT molecular complexity index is 841. The molecule has 1 N–H and O–H groups in total. The van der Waals surface area contributed by atoms with Crippen LogP contribution in [0.15, 0.2) is 60.7 Å². The van der Waals surface area contributed by atoms with Crippen molar-refractivity contribution < 1.29 is 9.53 Å². The molecule has 0 aromatic heterocycles. The largest absolute Gasteiger partial charge is 0.439 e. The summed E-state index contributed by atoms with van der Waals surface area (Å²) in [6.45, 7) is 7.17. The Hall–Kier alpha value is -2.33. The van der Waals surface area contributed by atoms with Crippen LogP contribution in [-0.4, -0.2) is 29.2 Å². The Balaban J connectivity index is 1.46. The molecular weight excluding hydrogens is 360 g/mol. The predicted octanol–water partition coefficient (Wildman–Crippen LogP) is 4.60. The van der Waals surface area contributed by atoms with Crippen LogP contribution in [0.1, 0.15) is 37.8 Å². The summed E-state index contributed by atoms with van der Waals surface area (Å²) in [6.07, 6.45) is 1.96. The minimum atomic E-state index is -0.432. The molecule has 2 aromatic carbocycles. The fourth-order valence-electron chi connectivity index (χ4n) is 6.09. The number of nitrogens with zero attached hydrogens (tertiary/aromatic N) is 1. The third-order valence-corrected chi connectivity index (χ3v) is 7.71. The first-order valence-corrected chi connectivity index (χ1v) is 10.8. The molecule has 4 heteroatoms. The van der Waals surface area contributed by atoms with Gasteiger partial charge in [-0.25, -0.2) is 4.79 Å². The fourth-order valence-corrected chi connectivity index (χ4v) is 6.09. The van der Waals surface area contributed by atoms with Crippen LogP contribution in [0, 0.1) is 17.3 Å². The van der Waals surface area contributed by atoms with Gasteiger partial charge in [-0.2, -0.15) is 0 Å². The summed E-state index contributed by atoms with van der Waals surface area (Å²) in [4.78, 5) is 14.8. The summed E-state index contributed by atoms with van der Waals surface area (Å²) in [6, 6.07) is 21.3. The van der Waals surface area contributed by atoms with Crippen LogP contribution in [-0.2, 0) is 17.8 Å². The molecule has 4 atom stereocenters. The highest BCUT2D eigenvalue weighted by Crippen LogP contribution is 2.64. The molecule has 1 amide bonds. The molecule has 0 unspecified atom stereocenters. The lowest BCUT2D eigenvalue weighted by molar-refractivity contribution is -0.202. The number of ether oxygens (including phenoxy) is 1. The smallest absolute Gasteiger partial charge is 0.408 e. The molecule has 4 fully saturated rings. The van der Waals surface area contributed by atoms with E-state index in [4.69, 9.17) is 4.74 Å². The molecule has 1 saturated heterocycles. The SMILES string of the molecule is CC1(C)[C@H]2C[C@@H]3NC(=O)O[C@]3(CN(Cc3ccccc3)Cc3ccccc3)[C@@H]1C2. The number of benzene rings is 2. The monoisotopic (exact) mass is 390 g/mol. The van der Waals surface area contributed by atoms with Crippen LogP contribution < -0.4 is 5.32 Å². The zero-order valence-corrected chi connectivity index (χ0v) is 17.3. The Morgan fingerprint density at radius 2 is 1.55 bits per heavy atom. The minimum Gasteiger partial charge on any atom is -0.439 e. The van der Waals surface area contributed by atoms with E-state index >= 15 is 0 Å². The Morgan fingerprint density at radius 1 is 0.966 bits per heavy atom. The summed E-state index contributed by atoms with van der Waals surface area (Å²) in [5.74, 6) is 1.09. The molecule has 6 rings (SSSR count). The van der Waals surface area contributed by atoms with Crippen LogP contribution in [0.3, 0.4) is 0 Å². The van der Waals surface area contributed by atoms with Crippen LogP contribution in [0.25, 0.3) is 0 Å². The lowest BCUT2D eigenvalue weighted by atomic mass is 9.43. The number of hydrogen-bond donors (Lipinski definition) is 1. The number of amides is 1. The highest BCUT2D eigenvalue weighted by molar-refractivity contribution is 5.71. The van der Waals surface area contributed by atoms with Gasteiger partial charge in [0, 0.05) is 25.6 Å². The van der Waals surface area contributed by atoms with Crippen molar-refractivity contribution in [2.45, 2.75) is 51.4 Å². The van der Waals surface area contributed by atoms with E-state index in [1.54, 1.807) is 0 Å². The highest BCUT2D eigenvalue weighted by atomic mass is 16.6. The quantitative estimate of drug-likeness (QED) is 0.784. The van der Waals surface area contributed by atoms with Gasteiger partial charge in [0.15, 0.2) is 5.60 Å². The molecule has 3 aliphatic carbocycles. The number of carbonyl (C=O) groups excluding carboxylic acids is 1. The lowest BCUT2D eigenvalue weighted by Gasteiger charge is -2.65. The second-order valence-corrected chi connectivity index (χ2v) is 9.70. The topological polar surface area (TPSA) is 41.6 Å². The summed E-state index contributed by atoms with van der Waals surface area (Å²) in [5, 5.41) is 3.14. The average molecular weight is 391 g/mol. The second kappa shape index (κ2) is 6.88. The molecule has 2 aromatic rings. The third kappa shape index (κ3) is 3.14. The molecule has 152 valence electrons. The number of hydrogen-bond acceptors (Lipinski definition) is 3. The zero-order chi connectivity index (χ0) is 20.1. The van der Waals surface area contributed by atoms with Gasteiger partial charge in [-0.15, -0.1) is 0 Å². The van der Waals surface area contributed by atoms with Gasteiger partial charge in [0.2, 0.25) is 0 Å². The Morgan fingerprint density at radius 3 is 2.10 bits per heavy atom. The first-order valence-electron chi connectivity index (χ1n) is 10.8. The first-order chi connectivity index (χ1) is 14.0. The number of nitrogens with one attached hydrogen (secondary N) is 1. The maximum Gasteiger partial charge on any atom is 0.408 e. The van der Waals surface area contributed by atoms with Gasteiger partial charge < -0.3 is 10.1 Å². The second-order valence-electron chi connectivity index (χ2n) is 9.70. The van der Waals surface area contributed by atoms with Gasteiger partial charge in [-0.3, -0.25) is 4.90 Å². The maximum absolute atomic E-state index is 12.3. The zero-order valence-electron chi connectivity index (χ0n) is 17.3. The molecule has 1 aliphatic heterocycles. The predicted molar refractivity (Wildman–Crippen MR) is 113 cm³/mol. The van der Waals surface area contributed by atoms with Crippen LogP contribution in [0.4, 0.5) is 4.79 Å². The normalized spacial score (nSPS) is 31.6. The summed E-state index contributed by atoms with van der Waals surface area (Å²) < 4.78 is 6.15. The van der Waals surface area contributed by atoms with Crippen molar-refractivity contribution in [3.63, 3.8) is 0 Å². The molecule has 4 aliphatic rings. The van der Waals surface area contributed by atoms with Gasteiger partial charge >= 0.3 is 6.09 Å². The van der Waals surface area contributed by atoms with Gasteiger partial charge in [-0.05, 0) is 35.3 Å². The van der Waals surface area contributed by atoms with Crippen molar-refractivity contribution in [3.8, 4) is 0 Å². The third-order valence-electron chi connectivity index (χ3n) is 7.71. The van der Waals surface area contributed by atoms with Gasteiger partial charge in [0.1, 0.15) is 0 Å². The molecule has 0 spiro atoms. The summed E-state index contributed by atoms with van der Waals surface area (Å²) in [7, 11) is 0. The van der Waals surface area contributed by atoms with Crippen molar-refractivity contribution in [1.82, 2.24) is 10.2 Å². The molecule has 2 bridgehead atoms. The average Bonchev–Trinajstić information content (AvgIpc) is 3.04. The number of alkyl carbamates (subject to hydrolysis) is 1. The van der Waals surface area contributed by atoms with Gasteiger partial charge in [0.25, 0.3) is 0 Å². The highest BCUT2D eigenvalue weighted by Gasteiger charge is 2.69. The number of rotatable bonds is 6. The molecule has 29 heavy (non-hydrogen) atoms. The summed E-state index contributed by atoms with van der Waals surface area (Å²) >= 11 is 0. The van der Waals surface area contributed by atoms with E-state index in [2.05, 4.69) is 84.7 Å². The van der Waals surface area contributed by atoms with E-state index < -0.39 is 5.60 Å². The van der Waals surface area contributed by atoms with Crippen LogP contribution in [0.5, 0.6) is 0 Å². The van der Waals surface area contributed by atoms with E-state index in [0.717, 1.165) is 26.1 Å². The van der Waals surface area contributed by atoms with Crippen molar-refractivity contribution in [2.24, 2.45) is 17.3 Å². The molecule has 4 nitrogen and oxygen atoms in total. The maximum atomic E-state index is 12.3.